The van der Waals surface area contributed by atoms with Crippen LogP contribution in [0.15, 0.2) is 30.9 Å². The fourth-order valence-corrected chi connectivity index (χ4v) is 5.79. The number of pyridine rings is 1. The monoisotopic (exact) mass is 519 g/mol. The number of amides is 1. The quantitative estimate of drug-likeness (QED) is 0.459. The van der Waals surface area contributed by atoms with E-state index in [9.17, 15) is 14.4 Å². The molecule has 0 bridgehead atoms. The number of hydrogen-bond donors (Lipinski definition) is 1. The maximum Gasteiger partial charge on any atom is 0.246 e. The average Bonchev–Trinajstić information content (AvgIpc) is 3.34. The molecule has 2 N–H and O–H groups in total. The summed E-state index contributed by atoms with van der Waals surface area (Å²) in [6.45, 7) is 8.20. The number of nitriles is 1. The molecule has 200 valence electrons. The van der Waals surface area contributed by atoms with E-state index in [0.717, 1.165) is 36.3 Å². The van der Waals surface area contributed by atoms with Gasteiger partial charge < -0.3 is 30.1 Å². The van der Waals surface area contributed by atoms with Crippen molar-refractivity contribution in [3.8, 4) is 11.9 Å². The molecule has 2 saturated heterocycles. The van der Waals surface area contributed by atoms with Crippen LogP contribution >= 0.6 is 0 Å². The lowest BCUT2D eigenvalue weighted by molar-refractivity contribution is -0.126. The highest BCUT2D eigenvalue weighted by Crippen LogP contribution is 2.39. The molecule has 0 radical (unpaired) electrons. The van der Waals surface area contributed by atoms with E-state index in [1.54, 1.807) is 17.0 Å². The Morgan fingerprint density at radius 2 is 2.03 bits per heavy atom. The van der Waals surface area contributed by atoms with E-state index in [1.165, 1.54) is 12.1 Å². The van der Waals surface area contributed by atoms with Crippen LogP contribution in [0.4, 0.5) is 21.5 Å². The summed E-state index contributed by atoms with van der Waals surface area (Å²) in [6, 6.07) is 7.35. The molecule has 5 rings (SSSR count). The van der Waals surface area contributed by atoms with Gasteiger partial charge in [-0.25, -0.2) is 9.37 Å². The SMILES string of the molecule is C=CC(=O)N1CCN(c2c(C#N)c(OCC3CCCN3C)nc3c2CCN(c2c(N)cccc2F)C3)CC1. The predicted octanol–water partition coefficient (Wildman–Crippen LogP) is 2.54. The molecule has 1 aromatic carbocycles. The molecule has 4 heterocycles. The number of nitrogen functional groups attached to an aromatic ring is 1. The van der Waals surface area contributed by atoms with Gasteiger partial charge in [0.1, 0.15) is 24.1 Å². The van der Waals surface area contributed by atoms with Gasteiger partial charge >= 0.3 is 0 Å². The number of benzene rings is 1. The Bertz CT molecular complexity index is 1250. The maximum atomic E-state index is 14.8. The molecule has 1 unspecified atom stereocenters. The topological polar surface area (TPSA) is 102 Å². The maximum absolute atomic E-state index is 14.8. The van der Waals surface area contributed by atoms with Crippen LogP contribution in [0.1, 0.15) is 29.7 Å². The number of anilines is 3. The van der Waals surface area contributed by atoms with Crippen molar-refractivity contribution in [3.05, 3.63) is 53.5 Å². The van der Waals surface area contributed by atoms with Gasteiger partial charge in [0.05, 0.1) is 29.3 Å². The number of para-hydroxylation sites is 1. The molecule has 3 aliphatic heterocycles. The lowest BCUT2D eigenvalue weighted by Crippen LogP contribution is -2.49. The highest BCUT2D eigenvalue weighted by Gasteiger charge is 2.32. The minimum absolute atomic E-state index is 0.0928. The Kier molecular flexibility index (Phi) is 7.38. The number of fused-ring (bicyclic) bond motifs is 1. The minimum atomic E-state index is -0.369. The van der Waals surface area contributed by atoms with Gasteiger partial charge in [-0.1, -0.05) is 12.6 Å². The van der Waals surface area contributed by atoms with Crippen LogP contribution in [0.5, 0.6) is 5.88 Å². The molecule has 10 heteroatoms. The first-order valence-corrected chi connectivity index (χ1v) is 13.1. The molecule has 2 aromatic rings. The highest BCUT2D eigenvalue weighted by atomic mass is 19.1. The smallest absolute Gasteiger partial charge is 0.246 e. The summed E-state index contributed by atoms with van der Waals surface area (Å²) in [5.74, 6) is -0.148. The van der Waals surface area contributed by atoms with Crippen molar-refractivity contribution in [1.82, 2.24) is 14.8 Å². The molecule has 0 saturated carbocycles. The number of carbonyl (C=O) groups excluding carboxylic acids is 1. The van der Waals surface area contributed by atoms with Crippen LogP contribution in [0.25, 0.3) is 0 Å². The van der Waals surface area contributed by atoms with Crippen molar-refractivity contribution in [1.29, 1.82) is 5.26 Å². The van der Waals surface area contributed by atoms with E-state index in [-0.39, 0.29) is 17.8 Å². The summed E-state index contributed by atoms with van der Waals surface area (Å²) in [6.07, 6.45) is 4.07. The number of carbonyl (C=O) groups is 1. The van der Waals surface area contributed by atoms with Gasteiger partial charge in [0.25, 0.3) is 0 Å². The number of halogens is 1. The van der Waals surface area contributed by atoms with Gasteiger partial charge in [-0.05, 0) is 51.1 Å². The number of rotatable bonds is 6. The first-order chi connectivity index (χ1) is 18.4. The third kappa shape index (κ3) is 4.86. The number of likely N-dealkylation sites (tertiary alicyclic amines) is 1. The van der Waals surface area contributed by atoms with Crippen LogP contribution in [-0.2, 0) is 17.8 Å². The summed E-state index contributed by atoms with van der Waals surface area (Å²) < 4.78 is 21.0. The van der Waals surface area contributed by atoms with Gasteiger partial charge in [0, 0.05) is 44.3 Å². The van der Waals surface area contributed by atoms with Crippen LogP contribution in [0.3, 0.4) is 0 Å². The van der Waals surface area contributed by atoms with Crippen molar-refractivity contribution in [2.24, 2.45) is 0 Å². The first kappa shape index (κ1) is 25.8. The summed E-state index contributed by atoms with van der Waals surface area (Å²) in [5, 5.41) is 10.3. The molecule has 1 aromatic heterocycles. The average molecular weight is 520 g/mol. The van der Waals surface area contributed by atoms with Crippen molar-refractivity contribution in [2.45, 2.75) is 31.8 Å². The third-order valence-electron chi connectivity index (χ3n) is 7.91. The van der Waals surface area contributed by atoms with Gasteiger partial charge in [0.2, 0.25) is 11.8 Å². The Morgan fingerprint density at radius 3 is 2.68 bits per heavy atom. The summed E-state index contributed by atoms with van der Waals surface area (Å²) in [7, 11) is 2.08. The predicted molar refractivity (Wildman–Crippen MR) is 145 cm³/mol. The second-order valence-corrected chi connectivity index (χ2v) is 10.1. The van der Waals surface area contributed by atoms with Gasteiger partial charge in [0.15, 0.2) is 0 Å². The number of nitrogens with zero attached hydrogens (tertiary/aromatic N) is 6. The largest absolute Gasteiger partial charge is 0.475 e. The molecular weight excluding hydrogens is 485 g/mol. The fraction of sp³-hybridized carbons (Fsp3) is 0.464. The summed E-state index contributed by atoms with van der Waals surface area (Å²) in [4.78, 5) is 25.1. The number of piperazine rings is 1. The minimum Gasteiger partial charge on any atom is -0.475 e. The number of hydrogen-bond acceptors (Lipinski definition) is 8. The molecular formula is C28H34FN7O2. The Labute approximate surface area is 222 Å². The molecule has 0 spiro atoms. The lowest BCUT2D eigenvalue weighted by Gasteiger charge is -2.39. The molecule has 1 amide bonds. The second-order valence-electron chi connectivity index (χ2n) is 10.1. The fourth-order valence-electron chi connectivity index (χ4n) is 5.79. The van der Waals surface area contributed by atoms with Gasteiger partial charge in [-0.15, -0.1) is 0 Å². The number of nitrogens with two attached hydrogens (primary N) is 1. The highest BCUT2D eigenvalue weighted by molar-refractivity contribution is 5.87. The molecule has 1 atom stereocenters. The molecule has 38 heavy (non-hydrogen) atoms. The Hall–Kier alpha value is -3.84. The van der Waals surface area contributed by atoms with Crippen LogP contribution in [0, 0.1) is 17.1 Å². The normalized spacial score (nSPS) is 19.7. The standard InChI is InChI=1S/C28H34FN7O2/c1-3-25(37)34-12-14-35(15-13-34)26-20-9-11-36(27-22(29)7-4-8-23(27)31)17-24(20)32-28(21(26)16-30)38-18-19-6-5-10-33(19)2/h3-4,7-8,19H,1,5-6,9-15,17-18,31H2,2H3. The Morgan fingerprint density at radius 1 is 1.24 bits per heavy atom. The van der Waals surface area contributed by atoms with Crippen molar-refractivity contribution >= 4 is 23.0 Å². The van der Waals surface area contributed by atoms with Crippen LogP contribution in [0.2, 0.25) is 0 Å². The molecule has 0 aliphatic carbocycles. The Balaban J connectivity index is 1.51. The zero-order chi connectivity index (χ0) is 26.8. The van der Waals surface area contributed by atoms with Crippen molar-refractivity contribution < 1.29 is 13.9 Å². The summed E-state index contributed by atoms with van der Waals surface area (Å²) in [5.41, 5.74) is 9.88. The summed E-state index contributed by atoms with van der Waals surface area (Å²) >= 11 is 0. The number of aromatic nitrogens is 1. The number of likely N-dealkylation sites (N-methyl/N-ethyl adjacent to an activating group) is 1. The van der Waals surface area contributed by atoms with E-state index in [0.29, 0.717) is 75.1 Å². The molecule has 3 aliphatic rings. The van der Waals surface area contributed by atoms with Crippen molar-refractivity contribution in [2.75, 3.05) is 68.5 Å². The first-order valence-electron chi connectivity index (χ1n) is 13.1. The van der Waals surface area contributed by atoms with E-state index < -0.39 is 0 Å². The van der Waals surface area contributed by atoms with Crippen LogP contribution < -0.4 is 20.3 Å². The van der Waals surface area contributed by atoms with Gasteiger partial charge in [-0.2, -0.15) is 5.26 Å². The van der Waals surface area contributed by atoms with Gasteiger partial charge in [-0.3, -0.25) is 4.79 Å². The zero-order valence-electron chi connectivity index (χ0n) is 21.8. The van der Waals surface area contributed by atoms with E-state index >= 15 is 0 Å². The second kappa shape index (κ2) is 10.9. The van der Waals surface area contributed by atoms with E-state index in [1.807, 2.05) is 4.90 Å². The van der Waals surface area contributed by atoms with E-state index in [2.05, 4.69) is 29.5 Å². The third-order valence-corrected chi connectivity index (χ3v) is 7.91. The van der Waals surface area contributed by atoms with Crippen molar-refractivity contribution in [3.63, 3.8) is 0 Å². The number of ether oxygens (including phenoxy) is 1. The van der Waals surface area contributed by atoms with E-state index in [4.69, 9.17) is 15.5 Å². The molecule has 2 fully saturated rings. The van der Waals surface area contributed by atoms with Crippen LogP contribution in [-0.4, -0.2) is 79.7 Å². The zero-order valence-corrected chi connectivity index (χ0v) is 21.8. The lowest BCUT2D eigenvalue weighted by atomic mass is 9.97. The molecule has 9 nitrogen and oxygen atoms in total.